The first-order valence-electron chi connectivity index (χ1n) is 7.67. The number of rotatable bonds is 4. The van der Waals surface area contributed by atoms with E-state index in [1.807, 2.05) is 4.90 Å². The van der Waals surface area contributed by atoms with E-state index in [1.54, 1.807) is 7.11 Å². The highest BCUT2D eigenvalue weighted by atomic mass is 35.5. The maximum absolute atomic E-state index is 12.6. The molecule has 1 aliphatic rings. The van der Waals surface area contributed by atoms with Crippen LogP contribution in [0.4, 0.5) is 0 Å². The second-order valence-electron chi connectivity index (χ2n) is 5.89. The second kappa shape index (κ2) is 8.51. The zero-order valence-corrected chi connectivity index (χ0v) is 14.5. The Morgan fingerprint density at radius 3 is 2.82 bits per heavy atom. The topological polar surface area (TPSA) is 55.6 Å². The molecule has 0 saturated carbocycles. The highest BCUT2D eigenvalue weighted by Crippen LogP contribution is 2.33. The van der Waals surface area contributed by atoms with Gasteiger partial charge in [-0.3, -0.25) is 4.79 Å². The lowest BCUT2D eigenvalue weighted by Crippen LogP contribution is -2.49. The molecule has 1 saturated heterocycles. The van der Waals surface area contributed by atoms with Crippen LogP contribution in [0.5, 0.6) is 0 Å². The summed E-state index contributed by atoms with van der Waals surface area (Å²) in [5.74, 6) is 0.00227. The number of amides is 1. The molecule has 2 unspecified atom stereocenters. The lowest BCUT2D eigenvalue weighted by Gasteiger charge is -2.38. The van der Waals surface area contributed by atoms with Gasteiger partial charge in [0.05, 0.1) is 12.6 Å². The number of ether oxygens (including phenoxy) is 1. The van der Waals surface area contributed by atoms with Crippen LogP contribution < -0.4 is 5.73 Å². The second-order valence-corrected chi connectivity index (χ2v) is 5.89. The van der Waals surface area contributed by atoms with Crippen molar-refractivity contribution in [2.45, 2.75) is 45.2 Å². The number of hydrogen-bond acceptors (Lipinski definition) is 3. The molecule has 4 nitrogen and oxygen atoms in total. The predicted molar refractivity (Wildman–Crippen MR) is 91.3 cm³/mol. The number of carbonyl (C=O) groups is 1. The minimum atomic E-state index is -0.569. The summed E-state index contributed by atoms with van der Waals surface area (Å²) < 4.78 is 5.03. The molecule has 2 atom stereocenters. The highest BCUT2D eigenvalue weighted by molar-refractivity contribution is 5.85. The minimum Gasteiger partial charge on any atom is -0.383 e. The first-order chi connectivity index (χ1) is 10.1. The Hall–Kier alpha value is -1.10. The fraction of sp³-hybridized carbons (Fsp3) is 0.588. The quantitative estimate of drug-likeness (QED) is 0.925. The van der Waals surface area contributed by atoms with Crippen molar-refractivity contribution in [3.05, 3.63) is 34.9 Å². The standard InChI is InChI=1S/C17H26N2O2.ClH/c1-12-7-6-8-14(13(12)2)16-9-4-5-10-19(16)17(20)15(18)11-21-3;/h6-8,15-16H,4-5,9-11,18H2,1-3H3;1H. The van der Waals surface area contributed by atoms with Crippen molar-refractivity contribution >= 4 is 18.3 Å². The van der Waals surface area contributed by atoms with Crippen LogP contribution in [-0.2, 0) is 9.53 Å². The molecule has 22 heavy (non-hydrogen) atoms. The Labute approximate surface area is 139 Å². The van der Waals surface area contributed by atoms with Crippen molar-refractivity contribution in [3.63, 3.8) is 0 Å². The van der Waals surface area contributed by atoms with E-state index >= 15 is 0 Å². The van der Waals surface area contributed by atoms with Crippen molar-refractivity contribution < 1.29 is 9.53 Å². The largest absolute Gasteiger partial charge is 0.383 e. The summed E-state index contributed by atoms with van der Waals surface area (Å²) in [6.45, 7) is 5.31. The molecule has 1 amide bonds. The van der Waals surface area contributed by atoms with Crippen LogP contribution in [0.25, 0.3) is 0 Å². The fourth-order valence-corrected chi connectivity index (χ4v) is 3.12. The number of halogens is 1. The van der Waals surface area contributed by atoms with Gasteiger partial charge in [-0.05, 0) is 49.8 Å². The van der Waals surface area contributed by atoms with Gasteiger partial charge in [0.15, 0.2) is 0 Å². The van der Waals surface area contributed by atoms with Crippen molar-refractivity contribution in [1.82, 2.24) is 4.90 Å². The van der Waals surface area contributed by atoms with Crippen molar-refractivity contribution in [2.75, 3.05) is 20.3 Å². The van der Waals surface area contributed by atoms with Crippen molar-refractivity contribution in [1.29, 1.82) is 0 Å². The number of methoxy groups -OCH3 is 1. The van der Waals surface area contributed by atoms with Gasteiger partial charge in [-0.15, -0.1) is 12.4 Å². The molecule has 1 aromatic carbocycles. The minimum absolute atomic E-state index is 0. The molecular weight excluding hydrogens is 300 g/mol. The molecule has 1 fully saturated rings. The number of carbonyl (C=O) groups excluding carboxylic acids is 1. The van der Waals surface area contributed by atoms with Crippen molar-refractivity contribution in [3.8, 4) is 0 Å². The molecule has 0 aliphatic carbocycles. The van der Waals surface area contributed by atoms with E-state index in [-0.39, 0.29) is 31.0 Å². The van der Waals surface area contributed by atoms with Crippen LogP contribution in [0.3, 0.4) is 0 Å². The Morgan fingerprint density at radius 1 is 1.41 bits per heavy atom. The smallest absolute Gasteiger partial charge is 0.242 e. The Morgan fingerprint density at radius 2 is 2.14 bits per heavy atom. The molecule has 124 valence electrons. The molecule has 0 radical (unpaired) electrons. The third-order valence-electron chi connectivity index (χ3n) is 4.45. The molecule has 0 bridgehead atoms. The van der Waals surface area contributed by atoms with Crippen molar-refractivity contribution in [2.24, 2.45) is 5.73 Å². The van der Waals surface area contributed by atoms with Gasteiger partial charge in [0.1, 0.15) is 6.04 Å². The van der Waals surface area contributed by atoms with Crippen LogP contribution in [-0.4, -0.2) is 37.1 Å². The van der Waals surface area contributed by atoms with Gasteiger partial charge in [0.2, 0.25) is 5.91 Å². The highest BCUT2D eigenvalue weighted by Gasteiger charge is 2.31. The number of aryl methyl sites for hydroxylation is 1. The summed E-state index contributed by atoms with van der Waals surface area (Å²) in [6.07, 6.45) is 3.21. The molecule has 5 heteroatoms. The average Bonchev–Trinajstić information content (AvgIpc) is 2.49. The van der Waals surface area contributed by atoms with E-state index in [1.165, 1.54) is 16.7 Å². The van der Waals surface area contributed by atoms with Gasteiger partial charge in [-0.1, -0.05) is 18.2 Å². The number of hydrogen-bond donors (Lipinski definition) is 1. The Balaban J connectivity index is 0.00000242. The van der Waals surface area contributed by atoms with E-state index in [9.17, 15) is 4.79 Å². The summed E-state index contributed by atoms with van der Waals surface area (Å²) in [6, 6.07) is 5.91. The Bertz CT molecular complexity index is 507. The molecular formula is C17H27ClN2O2. The van der Waals surface area contributed by atoms with E-state index in [4.69, 9.17) is 10.5 Å². The SMILES string of the molecule is COCC(N)C(=O)N1CCCCC1c1cccc(C)c1C.Cl. The number of nitrogens with zero attached hydrogens (tertiary/aromatic N) is 1. The number of piperidine rings is 1. The van der Waals surface area contributed by atoms with Gasteiger partial charge in [-0.25, -0.2) is 0 Å². The third kappa shape index (κ3) is 4.00. The van der Waals surface area contributed by atoms with E-state index in [0.29, 0.717) is 0 Å². The molecule has 1 aliphatic heterocycles. The molecule has 2 rings (SSSR count). The summed E-state index contributed by atoms with van der Waals surface area (Å²) in [7, 11) is 1.57. The van der Waals surface area contributed by atoms with Gasteiger partial charge >= 0.3 is 0 Å². The zero-order chi connectivity index (χ0) is 15.4. The molecule has 0 spiro atoms. The lowest BCUT2D eigenvalue weighted by atomic mass is 9.90. The normalized spacial score (nSPS) is 19.5. The first-order valence-corrected chi connectivity index (χ1v) is 7.67. The van der Waals surface area contributed by atoms with Crippen LogP contribution in [0.15, 0.2) is 18.2 Å². The van der Waals surface area contributed by atoms with Gasteiger partial charge in [0.25, 0.3) is 0 Å². The number of nitrogens with two attached hydrogens (primary N) is 1. The van der Waals surface area contributed by atoms with Crippen LogP contribution >= 0.6 is 12.4 Å². The number of benzene rings is 1. The summed E-state index contributed by atoms with van der Waals surface area (Å²) in [4.78, 5) is 14.5. The first kappa shape index (κ1) is 18.9. The van der Waals surface area contributed by atoms with Crippen LogP contribution in [0, 0.1) is 13.8 Å². The van der Waals surface area contributed by atoms with Gasteiger partial charge < -0.3 is 15.4 Å². The summed E-state index contributed by atoms with van der Waals surface area (Å²) in [5, 5.41) is 0. The van der Waals surface area contributed by atoms with E-state index in [2.05, 4.69) is 32.0 Å². The maximum Gasteiger partial charge on any atom is 0.242 e. The summed E-state index contributed by atoms with van der Waals surface area (Å²) in [5.41, 5.74) is 9.76. The van der Waals surface area contributed by atoms with Crippen LogP contribution in [0.2, 0.25) is 0 Å². The van der Waals surface area contributed by atoms with E-state index < -0.39 is 6.04 Å². The van der Waals surface area contributed by atoms with Crippen LogP contribution in [0.1, 0.15) is 42.0 Å². The molecule has 2 N–H and O–H groups in total. The monoisotopic (exact) mass is 326 g/mol. The lowest BCUT2D eigenvalue weighted by molar-refractivity contribution is -0.137. The Kier molecular flexibility index (Phi) is 7.33. The maximum atomic E-state index is 12.6. The van der Waals surface area contributed by atoms with Gasteiger partial charge in [0, 0.05) is 13.7 Å². The van der Waals surface area contributed by atoms with Gasteiger partial charge in [-0.2, -0.15) is 0 Å². The summed E-state index contributed by atoms with van der Waals surface area (Å²) >= 11 is 0. The number of likely N-dealkylation sites (tertiary alicyclic amines) is 1. The molecule has 1 aromatic rings. The molecule has 1 heterocycles. The van der Waals surface area contributed by atoms with E-state index in [0.717, 1.165) is 25.8 Å². The average molecular weight is 327 g/mol. The molecule has 0 aromatic heterocycles. The fourth-order valence-electron chi connectivity index (χ4n) is 3.12. The third-order valence-corrected chi connectivity index (χ3v) is 4.45. The predicted octanol–water partition coefficient (Wildman–Crippen LogP) is 2.75. The zero-order valence-electron chi connectivity index (χ0n) is 13.7.